The van der Waals surface area contributed by atoms with E-state index in [1.165, 1.54) is 6.92 Å². The van der Waals surface area contributed by atoms with Crippen LogP contribution in [0.5, 0.6) is 0 Å². The molecule has 3 atom stereocenters. The van der Waals surface area contributed by atoms with Gasteiger partial charge in [0.2, 0.25) is 6.17 Å². The Morgan fingerprint density at radius 3 is 2.17 bits per heavy atom. The van der Waals surface area contributed by atoms with Gasteiger partial charge in [0, 0.05) is 11.4 Å². The van der Waals surface area contributed by atoms with E-state index in [0.717, 1.165) is 18.1 Å². The monoisotopic (exact) mass is 512 g/mol. The van der Waals surface area contributed by atoms with Crippen molar-refractivity contribution >= 4 is 46.5 Å². The number of hydrogen-bond donors (Lipinski definition) is 2. The summed E-state index contributed by atoms with van der Waals surface area (Å²) in [7, 11) is -2.24. The van der Waals surface area contributed by atoms with Crippen molar-refractivity contribution in [2.75, 3.05) is 0 Å². The maximum Gasteiger partial charge on any atom is 0.340 e. The lowest BCUT2D eigenvalue weighted by Gasteiger charge is -2.37. The third-order valence-electron chi connectivity index (χ3n) is 5.60. The molecule has 0 aliphatic carbocycles. The van der Waals surface area contributed by atoms with Crippen molar-refractivity contribution in [3.05, 3.63) is 22.2 Å². The van der Waals surface area contributed by atoms with E-state index < -0.39 is 47.7 Å². The van der Waals surface area contributed by atoms with Gasteiger partial charge in [-0.05, 0) is 54.9 Å². The predicted molar refractivity (Wildman–Crippen MR) is 120 cm³/mol. The van der Waals surface area contributed by atoms with Crippen molar-refractivity contribution in [3.63, 3.8) is 0 Å². The maximum absolute atomic E-state index is 15.8. The molecule has 2 unspecified atom stereocenters. The van der Waals surface area contributed by atoms with E-state index >= 15 is 4.39 Å². The SMILES string of the molecule is CC[Si](CC)(CC)c1cc(Br)nc(C(C)(N[S@+]([O-])C(C)(C)C)C(F)C(=O)O)c1F. The molecule has 166 valence electrons. The zero-order valence-electron chi connectivity index (χ0n) is 18.0. The van der Waals surface area contributed by atoms with Gasteiger partial charge in [-0.25, -0.2) is 18.6 Å². The summed E-state index contributed by atoms with van der Waals surface area (Å²) in [5.74, 6) is -2.49. The highest BCUT2D eigenvalue weighted by Crippen LogP contribution is 2.33. The van der Waals surface area contributed by atoms with Gasteiger partial charge >= 0.3 is 5.97 Å². The number of aromatic nitrogens is 1. The fourth-order valence-corrected chi connectivity index (χ4v) is 8.54. The molecule has 0 saturated heterocycles. The number of halogens is 3. The molecule has 1 aromatic heterocycles. The molecule has 29 heavy (non-hydrogen) atoms. The minimum Gasteiger partial charge on any atom is -0.598 e. The second-order valence-electron chi connectivity index (χ2n) is 8.38. The smallest absolute Gasteiger partial charge is 0.340 e. The maximum atomic E-state index is 15.8. The Morgan fingerprint density at radius 1 is 1.31 bits per heavy atom. The first-order valence-corrected chi connectivity index (χ1v) is 14.2. The minimum absolute atomic E-state index is 0.295. The van der Waals surface area contributed by atoms with Crippen LogP contribution in [0, 0.1) is 5.82 Å². The van der Waals surface area contributed by atoms with Gasteiger partial charge in [-0.3, -0.25) is 0 Å². The van der Waals surface area contributed by atoms with Gasteiger partial charge in [0.05, 0.1) is 8.07 Å². The molecule has 1 aromatic rings. The van der Waals surface area contributed by atoms with Crippen molar-refractivity contribution in [2.24, 2.45) is 0 Å². The number of carboxylic acid groups (broad SMARTS) is 1. The number of alkyl halides is 1. The van der Waals surface area contributed by atoms with Crippen molar-refractivity contribution in [2.45, 2.75) is 83.1 Å². The van der Waals surface area contributed by atoms with E-state index in [0.29, 0.717) is 9.79 Å². The molecule has 0 aromatic carbocycles. The van der Waals surface area contributed by atoms with Gasteiger partial charge in [0.25, 0.3) is 0 Å². The van der Waals surface area contributed by atoms with Crippen LogP contribution in [0.25, 0.3) is 0 Å². The van der Waals surface area contributed by atoms with Crippen LogP contribution in [-0.2, 0) is 21.7 Å². The summed E-state index contributed by atoms with van der Waals surface area (Å²) >= 11 is 1.43. The lowest BCUT2D eigenvalue weighted by Crippen LogP contribution is -2.58. The van der Waals surface area contributed by atoms with Crippen LogP contribution in [0.4, 0.5) is 8.78 Å². The largest absolute Gasteiger partial charge is 0.598 e. The summed E-state index contributed by atoms with van der Waals surface area (Å²) in [5, 5.41) is 9.84. The quantitative estimate of drug-likeness (QED) is 0.291. The molecule has 10 heteroatoms. The Labute approximate surface area is 184 Å². The molecule has 0 amide bonds. The molecule has 0 saturated carbocycles. The summed E-state index contributed by atoms with van der Waals surface area (Å²) < 4.78 is 45.5. The van der Waals surface area contributed by atoms with Crippen LogP contribution >= 0.6 is 15.9 Å². The van der Waals surface area contributed by atoms with Crippen LogP contribution < -0.4 is 9.91 Å². The number of hydrogen-bond acceptors (Lipinski definition) is 4. The highest BCUT2D eigenvalue weighted by Gasteiger charge is 2.51. The van der Waals surface area contributed by atoms with Gasteiger partial charge in [0.1, 0.15) is 26.4 Å². The standard InChI is InChI=1S/C19H31BrF2N2O3SSi/c1-8-29(9-2,10-3)12-11-13(20)23-16(14(12)21)19(7,15(22)17(25)26)24-28(27)18(4,5)6/h11,15,24H,8-10H2,1-7H3,(H,25,26)/t15?,19?,28-/m1/s1. The fourth-order valence-electron chi connectivity index (χ4n) is 3.36. The van der Waals surface area contributed by atoms with Gasteiger partial charge in [-0.2, -0.15) is 0 Å². The third kappa shape index (κ3) is 5.39. The lowest BCUT2D eigenvalue weighted by atomic mass is 9.92. The number of pyridine rings is 1. The second-order valence-corrected chi connectivity index (χ2v) is 16.4. The van der Waals surface area contributed by atoms with Crippen LogP contribution in [0.3, 0.4) is 0 Å². The number of nitrogens with zero attached hydrogens (tertiary/aromatic N) is 1. The van der Waals surface area contributed by atoms with Gasteiger partial charge < -0.3 is 9.66 Å². The van der Waals surface area contributed by atoms with Crippen LogP contribution in [0.15, 0.2) is 10.7 Å². The third-order valence-corrected chi connectivity index (χ3v) is 13.3. The van der Waals surface area contributed by atoms with Gasteiger partial charge in [0.15, 0.2) is 0 Å². The molecule has 0 fully saturated rings. The average Bonchev–Trinajstić information content (AvgIpc) is 2.64. The van der Waals surface area contributed by atoms with E-state index in [4.69, 9.17) is 0 Å². The Kier molecular flexibility index (Phi) is 8.87. The number of carboxylic acids is 1. The molecule has 0 aliphatic heterocycles. The van der Waals surface area contributed by atoms with E-state index in [1.807, 2.05) is 20.8 Å². The molecule has 1 heterocycles. The van der Waals surface area contributed by atoms with E-state index in [-0.39, 0.29) is 5.69 Å². The molecule has 5 nitrogen and oxygen atoms in total. The molecule has 0 aliphatic rings. The molecule has 0 spiro atoms. The molecule has 0 bridgehead atoms. The predicted octanol–water partition coefficient (Wildman–Crippen LogP) is 4.39. The van der Waals surface area contributed by atoms with E-state index in [9.17, 15) is 18.8 Å². The summed E-state index contributed by atoms with van der Waals surface area (Å²) in [6.45, 7) is 12.2. The van der Waals surface area contributed by atoms with Gasteiger partial charge in [-0.1, -0.05) is 38.9 Å². The summed E-state index contributed by atoms with van der Waals surface area (Å²) in [4.78, 5) is 15.7. The Hall–Kier alpha value is -0.553. The lowest BCUT2D eigenvalue weighted by molar-refractivity contribution is -0.145. The highest BCUT2D eigenvalue weighted by molar-refractivity contribution is 9.10. The zero-order valence-corrected chi connectivity index (χ0v) is 21.4. The van der Waals surface area contributed by atoms with Crippen molar-refractivity contribution in [3.8, 4) is 0 Å². The first-order valence-electron chi connectivity index (χ1n) is 9.63. The van der Waals surface area contributed by atoms with Crippen molar-refractivity contribution in [1.82, 2.24) is 9.71 Å². The van der Waals surface area contributed by atoms with Crippen LogP contribution in [-0.4, -0.2) is 39.6 Å². The zero-order chi connectivity index (χ0) is 22.8. The average molecular weight is 514 g/mol. The first kappa shape index (κ1) is 26.5. The Bertz CT molecular complexity index is 739. The van der Waals surface area contributed by atoms with Crippen LogP contribution in [0.2, 0.25) is 18.1 Å². The number of nitrogens with one attached hydrogen (secondary N) is 1. The summed E-state index contributed by atoms with van der Waals surface area (Å²) in [6.07, 6.45) is -2.56. The number of carbonyl (C=O) groups is 1. The Balaban J connectivity index is 3.81. The molecular weight excluding hydrogens is 482 g/mol. The second kappa shape index (κ2) is 9.72. The highest BCUT2D eigenvalue weighted by atomic mass is 79.9. The van der Waals surface area contributed by atoms with E-state index in [2.05, 4.69) is 25.6 Å². The van der Waals surface area contributed by atoms with Crippen LogP contribution in [0.1, 0.15) is 54.2 Å². The van der Waals surface area contributed by atoms with Gasteiger partial charge in [-0.15, -0.1) is 4.72 Å². The minimum atomic E-state index is -2.56. The molecular formula is C19H31BrF2N2O3SSi. The topological polar surface area (TPSA) is 85.3 Å². The molecule has 0 radical (unpaired) electrons. The summed E-state index contributed by atoms with van der Waals surface area (Å²) in [5.41, 5.74) is -2.50. The normalized spacial score (nSPS) is 16.9. The van der Waals surface area contributed by atoms with Crippen molar-refractivity contribution < 1.29 is 23.2 Å². The van der Waals surface area contributed by atoms with Crippen molar-refractivity contribution in [1.29, 1.82) is 0 Å². The molecule has 1 rings (SSSR count). The van der Waals surface area contributed by atoms with E-state index in [1.54, 1.807) is 26.8 Å². The fraction of sp³-hybridized carbons (Fsp3) is 0.684. The Morgan fingerprint density at radius 2 is 1.79 bits per heavy atom. The first-order chi connectivity index (χ1) is 13.2. The summed E-state index contributed by atoms with van der Waals surface area (Å²) in [6, 6.07) is 3.96. The number of aliphatic carboxylic acids is 1. The molecule has 2 N–H and O–H groups in total. The number of rotatable bonds is 9.